The molecule has 3 nitrogen and oxygen atoms in total. The van der Waals surface area contributed by atoms with Crippen LogP contribution in [-0.4, -0.2) is 24.5 Å². The molecule has 1 heterocycles. The molecule has 1 aromatic heterocycles. The third-order valence-corrected chi connectivity index (χ3v) is 7.27. The van der Waals surface area contributed by atoms with E-state index in [4.69, 9.17) is 4.74 Å². The van der Waals surface area contributed by atoms with Crippen LogP contribution in [0.3, 0.4) is 0 Å². The van der Waals surface area contributed by atoms with Gasteiger partial charge in [0.2, 0.25) is 5.91 Å². The van der Waals surface area contributed by atoms with Crippen LogP contribution in [0.25, 0.3) is 0 Å². The summed E-state index contributed by atoms with van der Waals surface area (Å²) >= 11 is 1.72. The number of thiophene rings is 1. The summed E-state index contributed by atoms with van der Waals surface area (Å²) in [5.74, 6) is 1.19. The highest BCUT2D eigenvalue weighted by Crippen LogP contribution is 2.29. The minimum Gasteiger partial charge on any atom is -0.497 e. The van der Waals surface area contributed by atoms with Gasteiger partial charge in [0.25, 0.3) is 0 Å². The first-order chi connectivity index (χ1) is 16.6. The zero-order valence-corrected chi connectivity index (χ0v) is 20.6. The molecule has 0 aliphatic carbocycles. The van der Waals surface area contributed by atoms with E-state index in [0.717, 1.165) is 17.7 Å². The molecule has 4 heteroatoms. The number of carbonyl (C=O) groups excluding carboxylic acids is 1. The number of benzene rings is 3. The fourth-order valence-corrected chi connectivity index (χ4v) is 5.16. The molecule has 34 heavy (non-hydrogen) atoms. The Balaban J connectivity index is 1.55. The first kappa shape index (κ1) is 23.8. The zero-order valence-electron chi connectivity index (χ0n) is 19.8. The Morgan fingerprint density at radius 1 is 0.882 bits per heavy atom. The molecule has 0 aliphatic rings. The highest BCUT2D eigenvalue weighted by Gasteiger charge is 2.20. The standard InChI is InChI=1S/C30H31NO2S/c1-23-18-20-34-29(23)22-31(30(32)21-24-13-15-27(33-2)16-14-24)19-17-28(25-9-5-3-6-10-25)26-11-7-4-8-12-26/h3-16,18,20,28H,17,19,21-22H2,1-2H3. The Bertz CT molecular complexity index is 1130. The Hall–Kier alpha value is -3.37. The fraction of sp³-hybridized carbons (Fsp3) is 0.233. The molecule has 3 aromatic carbocycles. The summed E-state index contributed by atoms with van der Waals surface area (Å²) in [6.45, 7) is 3.46. The zero-order chi connectivity index (χ0) is 23.8. The lowest BCUT2D eigenvalue weighted by Crippen LogP contribution is -2.33. The van der Waals surface area contributed by atoms with E-state index in [0.29, 0.717) is 19.5 Å². The Morgan fingerprint density at radius 3 is 2.03 bits per heavy atom. The number of nitrogens with zero attached hydrogens (tertiary/aromatic N) is 1. The molecule has 0 saturated carbocycles. The van der Waals surface area contributed by atoms with Crippen molar-refractivity contribution in [2.24, 2.45) is 0 Å². The quantitative estimate of drug-likeness (QED) is 0.254. The van der Waals surface area contributed by atoms with Crippen LogP contribution in [0.15, 0.2) is 96.4 Å². The van der Waals surface area contributed by atoms with Crippen molar-refractivity contribution in [1.29, 1.82) is 0 Å². The lowest BCUT2D eigenvalue weighted by atomic mass is 9.88. The molecule has 174 valence electrons. The van der Waals surface area contributed by atoms with E-state index in [-0.39, 0.29) is 11.8 Å². The Labute approximate surface area is 206 Å². The summed E-state index contributed by atoms with van der Waals surface area (Å²) in [6.07, 6.45) is 1.25. The SMILES string of the molecule is COc1ccc(CC(=O)N(CCC(c2ccccc2)c2ccccc2)Cc2sccc2C)cc1. The van der Waals surface area contributed by atoms with E-state index in [1.165, 1.54) is 21.6 Å². The smallest absolute Gasteiger partial charge is 0.227 e. The van der Waals surface area contributed by atoms with Gasteiger partial charge in [-0.25, -0.2) is 0 Å². The van der Waals surface area contributed by atoms with Crippen LogP contribution in [0, 0.1) is 6.92 Å². The Kier molecular flexibility index (Phi) is 8.16. The molecule has 0 saturated heterocycles. The van der Waals surface area contributed by atoms with Crippen LogP contribution in [0.4, 0.5) is 0 Å². The van der Waals surface area contributed by atoms with Crippen molar-refractivity contribution in [1.82, 2.24) is 4.90 Å². The van der Waals surface area contributed by atoms with E-state index in [2.05, 4.69) is 79.0 Å². The van der Waals surface area contributed by atoms with Crippen LogP contribution >= 0.6 is 11.3 Å². The van der Waals surface area contributed by atoms with Crippen molar-refractivity contribution >= 4 is 17.2 Å². The molecule has 0 unspecified atom stereocenters. The van der Waals surface area contributed by atoms with Gasteiger partial charge < -0.3 is 9.64 Å². The van der Waals surface area contributed by atoms with Gasteiger partial charge in [-0.2, -0.15) is 0 Å². The first-order valence-electron chi connectivity index (χ1n) is 11.7. The topological polar surface area (TPSA) is 29.5 Å². The van der Waals surface area contributed by atoms with Gasteiger partial charge in [-0.1, -0.05) is 72.8 Å². The third-order valence-electron chi connectivity index (χ3n) is 6.26. The summed E-state index contributed by atoms with van der Waals surface area (Å²) in [5.41, 5.74) is 4.81. The van der Waals surface area contributed by atoms with Crippen molar-refractivity contribution in [3.8, 4) is 5.75 Å². The van der Waals surface area contributed by atoms with Crippen molar-refractivity contribution in [2.45, 2.75) is 32.2 Å². The second-order valence-electron chi connectivity index (χ2n) is 8.53. The highest BCUT2D eigenvalue weighted by atomic mass is 32.1. The number of hydrogen-bond acceptors (Lipinski definition) is 3. The molecular weight excluding hydrogens is 438 g/mol. The molecule has 1 amide bonds. The van der Waals surface area contributed by atoms with E-state index >= 15 is 0 Å². The minimum atomic E-state index is 0.151. The monoisotopic (exact) mass is 469 g/mol. The molecule has 0 spiro atoms. The van der Waals surface area contributed by atoms with Crippen molar-refractivity contribution in [3.63, 3.8) is 0 Å². The van der Waals surface area contributed by atoms with Gasteiger partial charge in [-0.15, -0.1) is 11.3 Å². The van der Waals surface area contributed by atoms with Crippen LogP contribution in [0.5, 0.6) is 5.75 Å². The van der Waals surface area contributed by atoms with Gasteiger partial charge in [-0.3, -0.25) is 4.79 Å². The molecule has 0 atom stereocenters. The Morgan fingerprint density at radius 2 is 1.50 bits per heavy atom. The van der Waals surface area contributed by atoms with Crippen LogP contribution < -0.4 is 4.74 Å². The second-order valence-corrected chi connectivity index (χ2v) is 9.53. The highest BCUT2D eigenvalue weighted by molar-refractivity contribution is 7.10. The van der Waals surface area contributed by atoms with Gasteiger partial charge in [0.1, 0.15) is 5.75 Å². The summed E-state index contributed by atoms with van der Waals surface area (Å²) < 4.78 is 5.26. The lowest BCUT2D eigenvalue weighted by molar-refractivity contribution is -0.131. The van der Waals surface area contributed by atoms with E-state index < -0.39 is 0 Å². The van der Waals surface area contributed by atoms with Crippen molar-refractivity contribution in [3.05, 3.63) is 124 Å². The third kappa shape index (κ3) is 6.15. The number of hydrogen-bond donors (Lipinski definition) is 0. The summed E-state index contributed by atoms with van der Waals surface area (Å²) in [4.78, 5) is 16.8. The average molecular weight is 470 g/mol. The maximum atomic E-state index is 13.5. The maximum Gasteiger partial charge on any atom is 0.227 e. The summed E-state index contributed by atoms with van der Waals surface area (Å²) in [6, 6.07) is 31.1. The predicted octanol–water partition coefficient (Wildman–Crippen LogP) is 6.86. The number of aryl methyl sites for hydroxylation is 1. The van der Waals surface area contributed by atoms with Crippen LogP contribution in [-0.2, 0) is 17.8 Å². The largest absolute Gasteiger partial charge is 0.497 e. The first-order valence-corrected chi connectivity index (χ1v) is 12.6. The van der Waals surface area contributed by atoms with Gasteiger partial charge in [-0.05, 0) is 59.2 Å². The molecule has 4 rings (SSSR count). The number of ether oxygens (including phenoxy) is 1. The number of carbonyl (C=O) groups is 1. The van der Waals surface area contributed by atoms with Gasteiger partial charge in [0, 0.05) is 17.3 Å². The van der Waals surface area contributed by atoms with Crippen LogP contribution in [0.1, 0.15) is 39.5 Å². The molecule has 0 aliphatic heterocycles. The van der Waals surface area contributed by atoms with E-state index in [1.807, 2.05) is 29.2 Å². The van der Waals surface area contributed by atoms with Crippen molar-refractivity contribution < 1.29 is 9.53 Å². The van der Waals surface area contributed by atoms with Gasteiger partial charge in [0.05, 0.1) is 20.1 Å². The average Bonchev–Trinajstić information content (AvgIpc) is 3.29. The summed E-state index contributed by atoms with van der Waals surface area (Å²) in [5, 5.41) is 2.10. The van der Waals surface area contributed by atoms with E-state index in [9.17, 15) is 4.79 Å². The molecule has 0 radical (unpaired) electrons. The molecule has 0 fully saturated rings. The lowest BCUT2D eigenvalue weighted by Gasteiger charge is -2.26. The molecular formula is C30H31NO2S. The summed E-state index contributed by atoms with van der Waals surface area (Å²) in [7, 11) is 1.65. The minimum absolute atomic E-state index is 0.151. The van der Waals surface area contributed by atoms with Gasteiger partial charge in [0.15, 0.2) is 0 Å². The van der Waals surface area contributed by atoms with Crippen LogP contribution in [0.2, 0.25) is 0 Å². The normalized spacial score (nSPS) is 10.9. The fourth-order valence-electron chi connectivity index (χ4n) is 4.24. The number of methoxy groups -OCH3 is 1. The number of amides is 1. The molecule has 0 N–H and O–H groups in total. The second kappa shape index (κ2) is 11.7. The molecule has 4 aromatic rings. The van der Waals surface area contributed by atoms with Gasteiger partial charge >= 0.3 is 0 Å². The molecule has 0 bridgehead atoms. The predicted molar refractivity (Wildman–Crippen MR) is 141 cm³/mol. The maximum absolute atomic E-state index is 13.5. The number of rotatable bonds is 10. The van der Waals surface area contributed by atoms with Crippen molar-refractivity contribution in [2.75, 3.05) is 13.7 Å². The van der Waals surface area contributed by atoms with E-state index in [1.54, 1.807) is 18.4 Å².